The molecule has 6 heteroatoms. The fourth-order valence-corrected chi connectivity index (χ4v) is 4.57. The SMILES string of the molecule is CCCCC(CCCCCCCOc1ccc2c(=O)ccoc2c1)Oc1ccc(C(=O)/C=C/c2ccco2)cc1. The van der Waals surface area contributed by atoms with Crippen LogP contribution < -0.4 is 14.9 Å². The third-order valence-electron chi connectivity index (χ3n) is 6.84. The number of ether oxygens (including phenoxy) is 2. The lowest BCUT2D eigenvalue weighted by Gasteiger charge is -2.19. The Morgan fingerprint density at radius 2 is 1.62 bits per heavy atom. The van der Waals surface area contributed by atoms with Gasteiger partial charge in [0.25, 0.3) is 0 Å². The van der Waals surface area contributed by atoms with Gasteiger partial charge in [0.05, 0.1) is 30.6 Å². The molecule has 1 unspecified atom stereocenters. The van der Waals surface area contributed by atoms with Gasteiger partial charge in [-0.15, -0.1) is 0 Å². The number of fused-ring (bicyclic) bond motifs is 1. The molecule has 6 nitrogen and oxygen atoms in total. The summed E-state index contributed by atoms with van der Waals surface area (Å²) in [6, 6.07) is 17.8. The summed E-state index contributed by atoms with van der Waals surface area (Å²) in [5, 5.41) is 0.567. The standard InChI is InChI=1S/C34H38O6/c1-2-3-10-28(40-29-15-13-26(14-16-29)32(35)20-18-27-12-9-23-37-27)11-7-5-4-6-8-22-38-30-17-19-31-33(36)21-24-39-34(31)25-30/h9,12-21,23-25,28H,2-8,10-11,22H2,1H3/b20-18+. The summed E-state index contributed by atoms with van der Waals surface area (Å²) < 4.78 is 22.8. The predicted molar refractivity (Wildman–Crippen MR) is 158 cm³/mol. The minimum absolute atomic E-state index is 0.0462. The van der Waals surface area contributed by atoms with E-state index in [1.807, 2.05) is 36.4 Å². The molecule has 0 fully saturated rings. The van der Waals surface area contributed by atoms with Gasteiger partial charge in [0, 0.05) is 17.7 Å². The van der Waals surface area contributed by atoms with Crippen molar-refractivity contribution in [3.05, 3.63) is 101 Å². The van der Waals surface area contributed by atoms with Gasteiger partial charge < -0.3 is 18.3 Å². The molecule has 0 spiro atoms. The van der Waals surface area contributed by atoms with Gasteiger partial charge in [0.15, 0.2) is 11.2 Å². The van der Waals surface area contributed by atoms with E-state index < -0.39 is 0 Å². The molecular weight excluding hydrogens is 504 g/mol. The van der Waals surface area contributed by atoms with Crippen LogP contribution in [0.2, 0.25) is 0 Å². The molecule has 210 valence electrons. The molecule has 2 heterocycles. The molecule has 0 radical (unpaired) electrons. The summed E-state index contributed by atoms with van der Waals surface area (Å²) in [6.07, 6.45) is 16.2. The van der Waals surface area contributed by atoms with Gasteiger partial charge in [-0.3, -0.25) is 9.59 Å². The Hall–Kier alpha value is -4.06. The molecule has 4 aromatic rings. The van der Waals surface area contributed by atoms with Crippen LogP contribution in [0.25, 0.3) is 17.0 Å². The van der Waals surface area contributed by atoms with Crippen molar-refractivity contribution in [3.63, 3.8) is 0 Å². The summed E-state index contributed by atoms with van der Waals surface area (Å²) >= 11 is 0. The zero-order valence-electron chi connectivity index (χ0n) is 23.2. The summed E-state index contributed by atoms with van der Waals surface area (Å²) in [5.41, 5.74) is 1.12. The molecule has 40 heavy (non-hydrogen) atoms. The average Bonchev–Trinajstić information content (AvgIpc) is 3.50. The fourth-order valence-electron chi connectivity index (χ4n) is 4.57. The van der Waals surface area contributed by atoms with Crippen LogP contribution in [0.3, 0.4) is 0 Å². The Kier molecular flexibility index (Phi) is 11.2. The highest BCUT2D eigenvalue weighted by atomic mass is 16.5. The Morgan fingerprint density at radius 3 is 2.42 bits per heavy atom. The lowest BCUT2D eigenvalue weighted by molar-refractivity contribution is 0.104. The summed E-state index contributed by atoms with van der Waals surface area (Å²) in [5.74, 6) is 2.11. The van der Waals surface area contributed by atoms with E-state index >= 15 is 0 Å². The molecule has 0 saturated carbocycles. The van der Waals surface area contributed by atoms with E-state index in [-0.39, 0.29) is 17.3 Å². The maximum absolute atomic E-state index is 12.4. The quantitative estimate of drug-likeness (QED) is 0.0755. The highest BCUT2D eigenvalue weighted by Crippen LogP contribution is 2.22. The molecule has 2 aromatic heterocycles. The summed E-state index contributed by atoms with van der Waals surface area (Å²) in [7, 11) is 0. The molecule has 2 aromatic carbocycles. The second-order valence-corrected chi connectivity index (χ2v) is 9.97. The number of rotatable bonds is 17. The monoisotopic (exact) mass is 542 g/mol. The van der Waals surface area contributed by atoms with Gasteiger partial charge in [-0.1, -0.05) is 39.0 Å². The van der Waals surface area contributed by atoms with Crippen molar-refractivity contribution in [3.8, 4) is 11.5 Å². The minimum atomic E-state index is -0.0681. The van der Waals surface area contributed by atoms with E-state index in [9.17, 15) is 9.59 Å². The van der Waals surface area contributed by atoms with Crippen LogP contribution in [-0.2, 0) is 0 Å². The Morgan fingerprint density at radius 1 is 0.850 bits per heavy atom. The maximum atomic E-state index is 12.4. The number of carbonyl (C=O) groups excluding carboxylic acids is 1. The van der Waals surface area contributed by atoms with Crippen LogP contribution >= 0.6 is 0 Å². The molecule has 0 saturated heterocycles. The van der Waals surface area contributed by atoms with E-state index in [1.54, 1.807) is 30.5 Å². The number of unbranched alkanes of at least 4 members (excludes halogenated alkanes) is 5. The van der Waals surface area contributed by atoms with E-state index in [1.165, 1.54) is 18.4 Å². The maximum Gasteiger partial charge on any atom is 0.192 e. The van der Waals surface area contributed by atoms with Crippen molar-refractivity contribution in [2.75, 3.05) is 6.61 Å². The molecule has 0 amide bonds. The first-order valence-corrected chi connectivity index (χ1v) is 14.3. The third-order valence-corrected chi connectivity index (χ3v) is 6.84. The number of ketones is 1. The minimum Gasteiger partial charge on any atom is -0.493 e. The largest absolute Gasteiger partial charge is 0.493 e. The first-order chi connectivity index (χ1) is 19.6. The Balaban J connectivity index is 1.14. The molecule has 0 bridgehead atoms. The van der Waals surface area contributed by atoms with Crippen LogP contribution in [0.4, 0.5) is 0 Å². The highest BCUT2D eigenvalue weighted by Gasteiger charge is 2.11. The van der Waals surface area contributed by atoms with Gasteiger partial charge in [-0.25, -0.2) is 0 Å². The lowest BCUT2D eigenvalue weighted by atomic mass is 10.0. The second kappa shape index (κ2) is 15.5. The molecule has 0 aliphatic carbocycles. The molecule has 0 aliphatic rings. The van der Waals surface area contributed by atoms with Crippen molar-refractivity contribution >= 4 is 22.8 Å². The number of furan rings is 1. The van der Waals surface area contributed by atoms with E-state index in [2.05, 4.69) is 6.92 Å². The smallest absolute Gasteiger partial charge is 0.192 e. The van der Waals surface area contributed by atoms with Gasteiger partial charge in [0.2, 0.25) is 0 Å². The van der Waals surface area contributed by atoms with Crippen LogP contribution in [0.15, 0.2) is 92.9 Å². The average molecular weight is 543 g/mol. The summed E-state index contributed by atoms with van der Waals surface area (Å²) in [6.45, 7) is 2.84. The normalized spacial score (nSPS) is 12.1. The summed E-state index contributed by atoms with van der Waals surface area (Å²) in [4.78, 5) is 24.2. The number of benzene rings is 2. The Bertz CT molecular complexity index is 1400. The number of carbonyl (C=O) groups is 1. The lowest BCUT2D eigenvalue weighted by Crippen LogP contribution is -2.16. The highest BCUT2D eigenvalue weighted by molar-refractivity contribution is 6.06. The van der Waals surface area contributed by atoms with Crippen LogP contribution in [0, 0.1) is 0 Å². The predicted octanol–water partition coefficient (Wildman–Crippen LogP) is 8.64. The van der Waals surface area contributed by atoms with Crippen molar-refractivity contribution in [1.82, 2.24) is 0 Å². The zero-order chi connectivity index (χ0) is 28.0. The van der Waals surface area contributed by atoms with Crippen molar-refractivity contribution in [1.29, 1.82) is 0 Å². The topological polar surface area (TPSA) is 78.9 Å². The van der Waals surface area contributed by atoms with Crippen molar-refractivity contribution in [2.45, 2.75) is 70.8 Å². The van der Waals surface area contributed by atoms with Gasteiger partial charge >= 0.3 is 0 Å². The van der Waals surface area contributed by atoms with Crippen molar-refractivity contribution in [2.24, 2.45) is 0 Å². The molecular formula is C34H38O6. The van der Waals surface area contributed by atoms with Gasteiger partial charge in [0.1, 0.15) is 22.8 Å². The molecule has 0 N–H and O–H groups in total. The van der Waals surface area contributed by atoms with E-state index in [4.69, 9.17) is 18.3 Å². The van der Waals surface area contributed by atoms with Crippen molar-refractivity contribution < 1.29 is 23.1 Å². The van der Waals surface area contributed by atoms with E-state index in [0.29, 0.717) is 28.9 Å². The number of allylic oxidation sites excluding steroid dienone is 1. The third kappa shape index (κ3) is 9.01. The van der Waals surface area contributed by atoms with Crippen LogP contribution in [0.5, 0.6) is 11.5 Å². The molecule has 0 aliphatic heterocycles. The molecule has 4 rings (SSSR count). The van der Waals surface area contributed by atoms with Gasteiger partial charge in [-0.05, 0) is 86.4 Å². The number of hydrogen-bond acceptors (Lipinski definition) is 6. The zero-order valence-corrected chi connectivity index (χ0v) is 23.2. The number of hydrogen-bond donors (Lipinski definition) is 0. The first kappa shape index (κ1) is 28.9. The molecule has 1 atom stereocenters. The van der Waals surface area contributed by atoms with Crippen LogP contribution in [-0.4, -0.2) is 18.5 Å². The second-order valence-electron chi connectivity index (χ2n) is 9.97. The Labute approximate surface area is 235 Å². The van der Waals surface area contributed by atoms with E-state index in [0.717, 1.165) is 69.3 Å². The van der Waals surface area contributed by atoms with Crippen LogP contribution in [0.1, 0.15) is 80.8 Å². The fraction of sp³-hybridized carbons (Fsp3) is 0.353. The first-order valence-electron chi connectivity index (χ1n) is 14.3. The van der Waals surface area contributed by atoms with Gasteiger partial charge in [-0.2, -0.15) is 0 Å².